The SMILES string of the molecule is CC[C](NS(C)(=O)=O)c1cccnc1. The molecule has 0 amide bonds. The third-order valence-electron chi connectivity index (χ3n) is 1.67. The van der Waals surface area contributed by atoms with Crippen LogP contribution in [0.15, 0.2) is 24.5 Å². The molecular formula is C9H13N2O2S. The first-order valence-corrected chi connectivity index (χ1v) is 6.16. The zero-order valence-corrected chi connectivity index (χ0v) is 9.00. The molecule has 4 nitrogen and oxygen atoms in total. The first kappa shape index (κ1) is 11.1. The molecule has 0 fully saturated rings. The predicted octanol–water partition coefficient (Wildman–Crippen LogP) is 0.921. The van der Waals surface area contributed by atoms with E-state index in [9.17, 15) is 8.42 Å². The molecule has 1 rings (SSSR count). The first-order valence-electron chi connectivity index (χ1n) is 4.27. The van der Waals surface area contributed by atoms with Crippen molar-refractivity contribution in [3.8, 4) is 0 Å². The highest BCUT2D eigenvalue weighted by atomic mass is 32.2. The Kier molecular flexibility index (Phi) is 3.60. The first-order chi connectivity index (χ1) is 6.53. The molecule has 0 aliphatic carbocycles. The second-order valence-electron chi connectivity index (χ2n) is 2.95. The third kappa shape index (κ3) is 3.43. The Morgan fingerprint density at radius 3 is 2.71 bits per heavy atom. The highest BCUT2D eigenvalue weighted by Crippen LogP contribution is 2.14. The highest BCUT2D eigenvalue weighted by Gasteiger charge is 2.14. The molecule has 0 spiro atoms. The van der Waals surface area contributed by atoms with E-state index in [1.807, 2.05) is 13.0 Å². The zero-order valence-electron chi connectivity index (χ0n) is 8.19. The molecule has 0 aliphatic heterocycles. The predicted molar refractivity (Wildman–Crippen MR) is 54.9 cm³/mol. The van der Waals surface area contributed by atoms with Gasteiger partial charge >= 0.3 is 0 Å². The molecule has 1 aromatic rings. The monoisotopic (exact) mass is 213 g/mol. The maximum Gasteiger partial charge on any atom is 0.209 e. The zero-order chi connectivity index (χ0) is 10.6. The van der Waals surface area contributed by atoms with Crippen molar-refractivity contribution in [1.82, 2.24) is 9.71 Å². The van der Waals surface area contributed by atoms with Crippen LogP contribution in [0.1, 0.15) is 18.9 Å². The number of hydrogen-bond acceptors (Lipinski definition) is 3. The van der Waals surface area contributed by atoms with Crippen LogP contribution in [0, 0.1) is 6.04 Å². The molecule has 1 N–H and O–H groups in total. The second-order valence-corrected chi connectivity index (χ2v) is 4.70. The van der Waals surface area contributed by atoms with E-state index in [-0.39, 0.29) is 0 Å². The van der Waals surface area contributed by atoms with E-state index in [2.05, 4.69) is 9.71 Å². The summed E-state index contributed by atoms with van der Waals surface area (Å²) in [6.45, 7) is 1.89. The number of sulfonamides is 1. The molecule has 0 bridgehead atoms. The van der Waals surface area contributed by atoms with Crippen LogP contribution >= 0.6 is 0 Å². The number of hydrogen-bond donors (Lipinski definition) is 1. The molecule has 1 heterocycles. The van der Waals surface area contributed by atoms with E-state index in [1.165, 1.54) is 0 Å². The number of pyridine rings is 1. The highest BCUT2D eigenvalue weighted by molar-refractivity contribution is 7.88. The maximum atomic E-state index is 11.0. The second kappa shape index (κ2) is 4.52. The van der Waals surface area contributed by atoms with Gasteiger partial charge in [-0.3, -0.25) is 4.98 Å². The normalized spacial score (nSPS) is 11.9. The summed E-state index contributed by atoms with van der Waals surface area (Å²) in [5.41, 5.74) is 0.806. The van der Waals surface area contributed by atoms with Gasteiger partial charge in [0, 0.05) is 12.4 Å². The van der Waals surface area contributed by atoms with E-state index in [0.717, 1.165) is 11.8 Å². The summed E-state index contributed by atoms with van der Waals surface area (Å²) in [6, 6.07) is 4.26. The number of aromatic nitrogens is 1. The fourth-order valence-corrected chi connectivity index (χ4v) is 1.81. The molecule has 1 radical (unpaired) electrons. The molecular weight excluding hydrogens is 200 g/mol. The molecule has 0 unspecified atom stereocenters. The van der Waals surface area contributed by atoms with Gasteiger partial charge in [-0.2, -0.15) is 0 Å². The molecule has 0 atom stereocenters. The Labute approximate surface area is 84.4 Å². The van der Waals surface area contributed by atoms with Crippen molar-refractivity contribution in [3.05, 3.63) is 36.1 Å². The van der Waals surface area contributed by atoms with Crippen molar-refractivity contribution in [1.29, 1.82) is 0 Å². The Bertz CT molecular complexity index is 375. The van der Waals surface area contributed by atoms with E-state index in [1.54, 1.807) is 18.5 Å². The topological polar surface area (TPSA) is 59.1 Å². The molecule has 77 valence electrons. The summed E-state index contributed by atoms with van der Waals surface area (Å²) >= 11 is 0. The van der Waals surface area contributed by atoms with Gasteiger partial charge in [0.25, 0.3) is 0 Å². The van der Waals surface area contributed by atoms with Crippen LogP contribution in [-0.2, 0) is 10.0 Å². The minimum Gasteiger partial charge on any atom is -0.264 e. The average molecular weight is 213 g/mol. The molecule has 5 heteroatoms. The molecule has 0 aliphatic rings. The van der Waals surface area contributed by atoms with Crippen LogP contribution in [-0.4, -0.2) is 19.7 Å². The fourth-order valence-electron chi connectivity index (χ4n) is 1.10. The Morgan fingerprint density at radius 1 is 1.57 bits per heavy atom. The van der Waals surface area contributed by atoms with E-state index < -0.39 is 10.0 Å². The number of nitrogens with one attached hydrogen (secondary N) is 1. The van der Waals surface area contributed by atoms with Gasteiger partial charge in [-0.25, -0.2) is 13.1 Å². The van der Waals surface area contributed by atoms with Crippen molar-refractivity contribution >= 4 is 10.0 Å². The largest absolute Gasteiger partial charge is 0.264 e. The minimum absolute atomic E-state index is 0.624. The van der Waals surface area contributed by atoms with Crippen molar-refractivity contribution in [2.45, 2.75) is 13.3 Å². The molecule has 0 saturated carbocycles. The summed E-state index contributed by atoms with van der Waals surface area (Å²) in [5, 5.41) is 0. The van der Waals surface area contributed by atoms with Crippen molar-refractivity contribution in [3.63, 3.8) is 0 Å². The smallest absolute Gasteiger partial charge is 0.209 e. The van der Waals surface area contributed by atoms with Crippen molar-refractivity contribution < 1.29 is 8.42 Å². The summed E-state index contributed by atoms with van der Waals surface area (Å²) in [7, 11) is -3.20. The summed E-state index contributed by atoms with van der Waals surface area (Å²) in [4.78, 5) is 3.93. The summed E-state index contributed by atoms with van der Waals surface area (Å²) < 4.78 is 24.5. The van der Waals surface area contributed by atoms with E-state index in [0.29, 0.717) is 12.5 Å². The van der Waals surface area contributed by atoms with Gasteiger partial charge in [0.1, 0.15) is 0 Å². The lowest BCUT2D eigenvalue weighted by Crippen LogP contribution is -2.27. The lowest BCUT2D eigenvalue weighted by atomic mass is 10.1. The lowest BCUT2D eigenvalue weighted by Gasteiger charge is -2.13. The molecule has 0 aromatic carbocycles. The summed E-state index contributed by atoms with van der Waals surface area (Å²) in [5.74, 6) is 0. The Balaban J connectivity index is 2.84. The van der Waals surface area contributed by atoms with Crippen LogP contribution < -0.4 is 4.72 Å². The molecule has 1 aromatic heterocycles. The minimum atomic E-state index is -3.20. The third-order valence-corrected chi connectivity index (χ3v) is 2.29. The van der Waals surface area contributed by atoms with Crippen LogP contribution in [0.4, 0.5) is 0 Å². The van der Waals surface area contributed by atoms with Crippen LogP contribution in [0.25, 0.3) is 0 Å². The van der Waals surface area contributed by atoms with Gasteiger partial charge < -0.3 is 0 Å². The van der Waals surface area contributed by atoms with Gasteiger partial charge in [0.05, 0.1) is 12.3 Å². The summed E-state index contributed by atoms with van der Waals surface area (Å²) in [6.07, 6.45) is 5.05. The average Bonchev–Trinajstić information content (AvgIpc) is 2.14. The van der Waals surface area contributed by atoms with Gasteiger partial charge in [0.2, 0.25) is 10.0 Å². The Hall–Kier alpha value is -0.940. The Morgan fingerprint density at radius 2 is 2.29 bits per heavy atom. The van der Waals surface area contributed by atoms with Crippen LogP contribution in [0.5, 0.6) is 0 Å². The van der Waals surface area contributed by atoms with E-state index >= 15 is 0 Å². The molecule has 14 heavy (non-hydrogen) atoms. The van der Waals surface area contributed by atoms with Crippen molar-refractivity contribution in [2.24, 2.45) is 0 Å². The number of rotatable bonds is 4. The van der Waals surface area contributed by atoms with Crippen LogP contribution in [0.3, 0.4) is 0 Å². The van der Waals surface area contributed by atoms with Crippen molar-refractivity contribution in [2.75, 3.05) is 6.26 Å². The van der Waals surface area contributed by atoms with Gasteiger partial charge in [-0.1, -0.05) is 13.0 Å². The molecule has 0 saturated heterocycles. The van der Waals surface area contributed by atoms with Gasteiger partial charge in [-0.15, -0.1) is 0 Å². The fraction of sp³-hybridized carbons (Fsp3) is 0.333. The van der Waals surface area contributed by atoms with Gasteiger partial charge in [-0.05, 0) is 18.1 Å². The standard InChI is InChI=1S/C9H13N2O2S/c1-3-9(11-14(2,12)13)8-5-4-6-10-7-8/h4-7,11H,3H2,1-2H3. The van der Waals surface area contributed by atoms with E-state index in [4.69, 9.17) is 0 Å². The van der Waals surface area contributed by atoms with Crippen LogP contribution in [0.2, 0.25) is 0 Å². The van der Waals surface area contributed by atoms with Gasteiger partial charge in [0.15, 0.2) is 0 Å². The number of nitrogens with zero attached hydrogens (tertiary/aromatic N) is 1. The lowest BCUT2D eigenvalue weighted by molar-refractivity contribution is 0.588. The quantitative estimate of drug-likeness (QED) is 0.809. The maximum absolute atomic E-state index is 11.0.